The Morgan fingerprint density at radius 1 is 1.29 bits per heavy atom. The third kappa shape index (κ3) is 5.41. The van der Waals surface area contributed by atoms with Crippen molar-refractivity contribution in [2.24, 2.45) is 0 Å². The lowest BCUT2D eigenvalue weighted by molar-refractivity contribution is 0.199. The van der Waals surface area contributed by atoms with Crippen LogP contribution in [0.4, 0.5) is 4.79 Å². The normalized spacial score (nSPS) is 10.5. The molecule has 0 saturated carbocycles. The molecule has 0 spiro atoms. The maximum atomic E-state index is 11.7. The summed E-state index contributed by atoms with van der Waals surface area (Å²) < 4.78 is 0. The third-order valence-electron chi connectivity index (χ3n) is 1.47. The summed E-state index contributed by atoms with van der Waals surface area (Å²) in [7, 11) is 0. The summed E-state index contributed by atoms with van der Waals surface area (Å²) >= 11 is 0. The predicted octanol–water partition coefficient (Wildman–Crippen LogP) is 2.17. The molecule has 0 radical (unpaired) electrons. The first-order valence-corrected chi connectivity index (χ1v) is 4.69. The Labute approximate surface area is 86.5 Å². The summed E-state index contributed by atoms with van der Waals surface area (Å²) in [4.78, 5) is 13.3. The van der Waals surface area contributed by atoms with E-state index in [1.165, 1.54) is 0 Å². The van der Waals surface area contributed by atoms with Gasteiger partial charge >= 0.3 is 6.03 Å². The summed E-state index contributed by atoms with van der Waals surface area (Å²) in [5.41, 5.74) is -0.211. The summed E-state index contributed by atoms with van der Waals surface area (Å²) in [5, 5.41) is 2.88. The van der Waals surface area contributed by atoms with Crippen LogP contribution in [-0.4, -0.2) is 29.6 Å². The smallest absolute Gasteiger partial charge is 0.318 e. The summed E-state index contributed by atoms with van der Waals surface area (Å²) in [6.07, 6.45) is 3.40. The number of rotatable bonds is 4. The van der Waals surface area contributed by atoms with Crippen LogP contribution in [0.2, 0.25) is 0 Å². The van der Waals surface area contributed by atoms with E-state index in [1.807, 2.05) is 20.8 Å². The van der Waals surface area contributed by atoms with Gasteiger partial charge in [0.15, 0.2) is 0 Å². The van der Waals surface area contributed by atoms with Crippen molar-refractivity contribution in [1.82, 2.24) is 10.2 Å². The minimum Gasteiger partial charge on any atom is -0.333 e. The van der Waals surface area contributed by atoms with Gasteiger partial charge in [-0.3, -0.25) is 0 Å². The highest BCUT2D eigenvalue weighted by Gasteiger charge is 2.17. The number of nitrogens with one attached hydrogen (secondary N) is 1. The lowest BCUT2D eigenvalue weighted by atomic mass is 10.1. The number of hydrogen-bond acceptors (Lipinski definition) is 1. The van der Waals surface area contributed by atoms with E-state index in [9.17, 15) is 4.79 Å². The highest BCUT2D eigenvalue weighted by Crippen LogP contribution is 2.01. The van der Waals surface area contributed by atoms with Crippen LogP contribution in [0, 0.1) is 0 Å². The number of nitrogens with zero attached hydrogens (tertiary/aromatic N) is 1. The van der Waals surface area contributed by atoms with E-state index in [4.69, 9.17) is 0 Å². The number of urea groups is 1. The fourth-order valence-electron chi connectivity index (χ4n) is 0.952. The molecule has 0 heterocycles. The predicted molar refractivity (Wildman–Crippen MR) is 60.3 cm³/mol. The zero-order chi connectivity index (χ0) is 11.2. The molecule has 0 rings (SSSR count). The lowest BCUT2D eigenvalue weighted by Gasteiger charge is -2.26. The molecule has 2 amide bonds. The van der Waals surface area contributed by atoms with Gasteiger partial charge in [-0.1, -0.05) is 12.2 Å². The summed E-state index contributed by atoms with van der Waals surface area (Å²) in [6, 6.07) is -0.0858. The van der Waals surface area contributed by atoms with Gasteiger partial charge in [0.05, 0.1) is 0 Å². The molecule has 0 aromatic heterocycles. The van der Waals surface area contributed by atoms with Gasteiger partial charge in [0.1, 0.15) is 0 Å². The number of amides is 2. The molecular formula is C11H20N2O. The fraction of sp³-hybridized carbons (Fsp3) is 0.545. The molecule has 0 aliphatic rings. The molecule has 0 aliphatic heterocycles. The molecule has 0 saturated heterocycles. The first kappa shape index (κ1) is 12.8. The second kappa shape index (κ2) is 5.47. The van der Waals surface area contributed by atoms with E-state index in [-0.39, 0.29) is 11.6 Å². The maximum absolute atomic E-state index is 11.7. The van der Waals surface area contributed by atoms with Crippen molar-refractivity contribution in [3.05, 3.63) is 25.3 Å². The molecule has 0 atom stereocenters. The molecular weight excluding hydrogens is 176 g/mol. The van der Waals surface area contributed by atoms with Gasteiger partial charge in [-0.15, -0.1) is 13.2 Å². The van der Waals surface area contributed by atoms with E-state index in [2.05, 4.69) is 18.5 Å². The second-order valence-corrected chi connectivity index (χ2v) is 4.16. The van der Waals surface area contributed by atoms with Crippen LogP contribution in [0.15, 0.2) is 25.3 Å². The monoisotopic (exact) mass is 196 g/mol. The number of carbonyl (C=O) groups excluding carboxylic acids is 1. The van der Waals surface area contributed by atoms with Crippen molar-refractivity contribution >= 4 is 6.03 Å². The number of hydrogen-bond donors (Lipinski definition) is 1. The quantitative estimate of drug-likeness (QED) is 0.687. The van der Waals surface area contributed by atoms with Crippen LogP contribution in [0.1, 0.15) is 20.8 Å². The SMILES string of the molecule is C=CCN(CC=C)C(=O)NC(C)(C)C. The van der Waals surface area contributed by atoms with Gasteiger partial charge in [0.25, 0.3) is 0 Å². The van der Waals surface area contributed by atoms with Crippen molar-refractivity contribution in [2.75, 3.05) is 13.1 Å². The second-order valence-electron chi connectivity index (χ2n) is 4.16. The molecule has 0 unspecified atom stereocenters. The molecule has 0 aromatic carbocycles. The van der Waals surface area contributed by atoms with Crippen molar-refractivity contribution in [3.63, 3.8) is 0 Å². The van der Waals surface area contributed by atoms with Crippen LogP contribution < -0.4 is 5.32 Å². The summed E-state index contributed by atoms with van der Waals surface area (Å²) in [5.74, 6) is 0. The molecule has 3 heteroatoms. The van der Waals surface area contributed by atoms with Crippen molar-refractivity contribution < 1.29 is 4.79 Å². The van der Waals surface area contributed by atoms with Gasteiger partial charge in [-0.2, -0.15) is 0 Å². The fourth-order valence-corrected chi connectivity index (χ4v) is 0.952. The van der Waals surface area contributed by atoms with Gasteiger partial charge in [-0.25, -0.2) is 4.79 Å². The Kier molecular flexibility index (Phi) is 4.99. The largest absolute Gasteiger partial charge is 0.333 e. The Morgan fingerprint density at radius 2 is 1.71 bits per heavy atom. The van der Waals surface area contributed by atoms with E-state index in [1.54, 1.807) is 17.1 Å². The van der Waals surface area contributed by atoms with Crippen LogP contribution in [0.5, 0.6) is 0 Å². The van der Waals surface area contributed by atoms with E-state index in [0.29, 0.717) is 13.1 Å². The topological polar surface area (TPSA) is 32.3 Å². The Balaban J connectivity index is 4.28. The molecule has 0 aliphatic carbocycles. The maximum Gasteiger partial charge on any atom is 0.318 e. The van der Waals surface area contributed by atoms with Crippen LogP contribution in [-0.2, 0) is 0 Å². The average molecular weight is 196 g/mol. The third-order valence-corrected chi connectivity index (χ3v) is 1.47. The van der Waals surface area contributed by atoms with E-state index in [0.717, 1.165) is 0 Å². The van der Waals surface area contributed by atoms with Gasteiger partial charge < -0.3 is 10.2 Å². The highest BCUT2D eigenvalue weighted by molar-refractivity contribution is 5.75. The average Bonchev–Trinajstić information content (AvgIpc) is 2.01. The minimum absolute atomic E-state index is 0.0858. The van der Waals surface area contributed by atoms with Crippen molar-refractivity contribution in [2.45, 2.75) is 26.3 Å². The molecule has 3 nitrogen and oxygen atoms in total. The zero-order valence-corrected chi connectivity index (χ0v) is 9.34. The molecule has 0 aromatic rings. The molecule has 1 N–H and O–H groups in total. The molecule has 80 valence electrons. The Morgan fingerprint density at radius 3 is 2.00 bits per heavy atom. The minimum atomic E-state index is -0.211. The van der Waals surface area contributed by atoms with Crippen LogP contribution >= 0.6 is 0 Å². The van der Waals surface area contributed by atoms with E-state index < -0.39 is 0 Å². The standard InChI is InChI=1S/C11H20N2O/c1-6-8-13(9-7-2)10(14)12-11(3,4)5/h6-7H,1-2,8-9H2,3-5H3,(H,12,14). The first-order chi connectivity index (χ1) is 6.40. The zero-order valence-electron chi connectivity index (χ0n) is 9.34. The van der Waals surface area contributed by atoms with Gasteiger partial charge in [0, 0.05) is 18.6 Å². The lowest BCUT2D eigenvalue weighted by Crippen LogP contribution is -2.48. The highest BCUT2D eigenvalue weighted by atomic mass is 16.2. The van der Waals surface area contributed by atoms with Crippen LogP contribution in [0.3, 0.4) is 0 Å². The Hall–Kier alpha value is -1.25. The first-order valence-electron chi connectivity index (χ1n) is 4.69. The summed E-state index contributed by atoms with van der Waals surface area (Å²) in [6.45, 7) is 14.1. The molecule has 14 heavy (non-hydrogen) atoms. The van der Waals surface area contributed by atoms with E-state index >= 15 is 0 Å². The molecule has 0 bridgehead atoms. The van der Waals surface area contributed by atoms with Gasteiger partial charge in [0.2, 0.25) is 0 Å². The molecule has 0 fully saturated rings. The van der Waals surface area contributed by atoms with Crippen molar-refractivity contribution in [3.8, 4) is 0 Å². The van der Waals surface area contributed by atoms with Crippen molar-refractivity contribution in [1.29, 1.82) is 0 Å². The van der Waals surface area contributed by atoms with Crippen LogP contribution in [0.25, 0.3) is 0 Å². The Bertz CT molecular complexity index is 206. The number of carbonyl (C=O) groups is 1. The van der Waals surface area contributed by atoms with Gasteiger partial charge in [-0.05, 0) is 20.8 Å².